The van der Waals surface area contributed by atoms with Crippen molar-refractivity contribution in [3.63, 3.8) is 0 Å². The maximum Gasteiger partial charge on any atom is 0.283 e. The van der Waals surface area contributed by atoms with Crippen LogP contribution in [0, 0.1) is 11.3 Å². The molecule has 0 fully saturated rings. The van der Waals surface area contributed by atoms with Gasteiger partial charge in [-0.1, -0.05) is 43.6 Å². The van der Waals surface area contributed by atoms with Gasteiger partial charge in [0.25, 0.3) is 5.91 Å². The van der Waals surface area contributed by atoms with Gasteiger partial charge in [0.05, 0.1) is 18.8 Å². The molecule has 0 bridgehead atoms. The number of amides is 1. The van der Waals surface area contributed by atoms with Crippen LogP contribution in [0.25, 0.3) is 6.08 Å². The number of amidine groups is 2. The van der Waals surface area contributed by atoms with Crippen molar-refractivity contribution >= 4 is 51.4 Å². The number of fused-ring (bicyclic) bond motifs is 1. The molecule has 4 rings (SSSR count). The quantitative estimate of drug-likeness (QED) is 0.352. The van der Waals surface area contributed by atoms with Crippen LogP contribution in [-0.2, 0) is 9.53 Å². The second kappa shape index (κ2) is 11.5. The molecule has 0 aliphatic carbocycles. The van der Waals surface area contributed by atoms with E-state index in [1.165, 1.54) is 16.8 Å². The molecule has 2 aromatic rings. The molecule has 2 aliphatic rings. The van der Waals surface area contributed by atoms with E-state index < -0.39 is 5.91 Å². The smallest absolute Gasteiger partial charge is 0.283 e. The molecule has 0 spiro atoms. The van der Waals surface area contributed by atoms with Crippen molar-refractivity contribution in [2.75, 3.05) is 26.4 Å². The number of para-hydroxylation sites is 1. The zero-order valence-corrected chi connectivity index (χ0v) is 20.9. The molecule has 2 aromatic carbocycles. The molecule has 1 N–H and O–H groups in total. The number of carbonyl (C=O) groups is 1. The predicted octanol–water partition coefficient (Wildman–Crippen LogP) is 5.09. The Hall–Kier alpha value is -3.14. The summed E-state index contributed by atoms with van der Waals surface area (Å²) in [5, 5.41) is 16.1. The molecule has 10 heteroatoms. The SMILES string of the molecule is CC(C)C1=NN2C(=N)/C(=C\c3cc(Cl)ccc3OCCOCCOc3ccccc3)C(=O)N=C2S1. The summed E-state index contributed by atoms with van der Waals surface area (Å²) in [5.74, 6) is 0.953. The lowest BCUT2D eigenvalue weighted by atomic mass is 10.1. The first-order valence-electron chi connectivity index (χ1n) is 11.1. The summed E-state index contributed by atoms with van der Waals surface area (Å²) in [7, 11) is 0. The summed E-state index contributed by atoms with van der Waals surface area (Å²) >= 11 is 7.50. The standard InChI is InChI=1S/C25H25ClN4O4S/c1-16(2)24-29-30-22(27)20(23(31)28-25(30)35-24)15-17-14-18(26)8-9-21(17)34-13-11-32-10-12-33-19-6-4-3-5-7-19/h3-9,14-16,27H,10-13H2,1-2H3/b20-15+,27-22?. The number of halogens is 1. The molecule has 1 amide bonds. The number of aliphatic imine (C=N–C) groups is 1. The summed E-state index contributed by atoms with van der Waals surface area (Å²) in [6.07, 6.45) is 1.56. The number of rotatable bonds is 10. The Bertz CT molecular complexity index is 1200. The van der Waals surface area contributed by atoms with Gasteiger partial charge in [-0.2, -0.15) is 15.1 Å². The molecule has 35 heavy (non-hydrogen) atoms. The zero-order valence-electron chi connectivity index (χ0n) is 19.4. The van der Waals surface area contributed by atoms with E-state index in [9.17, 15) is 4.79 Å². The van der Waals surface area contributed by atoms with Crippen LogP contribution in [0.4, 0.5) is 0 Å². The minimum atomic E-state index is -0.498. The van der Waals surface area contributed by atoms with Crippen LogP contribution in [0.2, 0.25) is 5.02 Å². The van der Waals surface area contributed by atoms with Gasteiger partial charge >= 0.3 is 0 Å². The van der Waals surface area contributed by atoms with Crippen LogP contribution in [-0.4, -0.2) is 53.4 Å². The molecule has 182 valence electrons. The Morgan fingerprint density at radius 1 is 1.09 bits per heavy atom. The first-order chi connectivity index (χ1) is 16.9. The third kappa shape index (κ3) is 6.30. The van der Waals surface area contributed by atoms with Gasteiger partial charge in [-0.15, -0.1) is 0 Å². The maximum atomic E-state index is 12.7. The number of benzene rings is 2. The van der Waals surface area contributed by atoms with Gasteiger partial charge in [-0.05, 0) is 48.2 Å². The fourth-order valence-electron chi connectivity index (χ4n) is 3.21. The highest BCUT2D eigenvalue weighted by Crippen LogP contribution is 2.32. The highest BCUT2D eigenvalue weighted by atomic mass is 35.5. The lowest BCUT2D eigenvalue weighted by Crippen LogP contribution is -2.35. The predicted molar refractivity (Wildman–Crippen MR) is 140 cm³/mol. The van der Waals surface area contributed by atoms with E-state index >= 15 is 0 Å². The van der Waals surface area contributed by atoms with Crippen molar-refractivity contribution in [2.24, 2.45) is 16.0 Å². The third-order valence-corrected chi connectivity index (χ3v) is 6.40. The summed E-state index contributed by atoms with van der Waals surface area (Å²) in [6, 6.07) is 14.6. The number of nitrogens with zero attached hydrogens (tertiary/aromatic N) is 3. The highest BCUT2D eigenvalue weighted by molar-refractivity contribution is 8.27. The van der Waals surface area contributed by atoms with Crippen LogP contribution in [0.15, 0.2) is 64.2 Å². The van der Waals surface area contributed by atoms with E-state index in [1.54, 1.807) is 24.3 Å². The third-order valence-electron chi connectivity index (χ3n) is 4.96. The Balaban J connectivity index is 1.37. The van der Waals surface area contributed by atoms with E-state index in [2.05, 4.69) is 10.1 Å². The van der Waals surface area contributed by atoms with Crippen LogP contribution < -0.4 is 9.47 Å². The normalized spacial score (nSPS) is 16.5. The summed E-state index contributed by atoms with van der Waals surface area (Å²) in [4.78, 5) is 16.8. The average molecular weight is 513 g/mol. The number of carbonyl (C=O) groups excluding carboxylic acids is 1. The number of hydrazone groups is 1. The van der Waals surface area contributed by atoms with Crippen molar-refractivity contribution in [3.8, 4) is 11.5 Å². The van der Waals surface area contributed by atoms with Gasteiger partial charge in [0.15, 0.2) is 5.84 Å². The second-order valence-corrected chi connectivity index (χ2v) is 9.34. The van der Waals surface area contributed by atoms with Gasteiger partial charge in [0.2, 0.25) is 5.17 Å². The molecule has 0 aromatic heterocycles. The summed E-state index contributed by atoms with van der Waals surface area (Å²) < 4.78 is 17.0. The minimum absolute atomic E-state index is 0.0316. The second-order valence-electron chi connectivity index (χ2n) is 7.92. The topological polar surface area (TPSA) is 96.6 Å². The molecule has 0 saturated heterocycles. The Kier molecular flexibility index (Phi) is 8.22. The molecular weight excluding hydrogens is 488 g/mol. The lowest BCUT2D eigenvalue weighted by molar-refractivity contribution is -0.114. The Morgan fingerprint density at radius 2 is 1.83 bits per heavy atom. The molecule has 2 aliphatic heterocycles. The fourth-order valence-corrected chi connectivity index (χ4v) is 4.28. The van der Waals surface area contributed by atoms with E-state index in [4.69, 9.17) is 31.2 Å². The molecule has 0 unspecified atom stereocenters. The van der Waals surface area contributed by atoms with Crippen LogP contribution in [0.3, 0.4) is 0 Å². The van der Waals surface area contributed by atoms with Crippen molar-refractivity contribution in [2.45, 2.75) is 13.8 Å². The highest BCUT2D eigenvalue weighted by Gasteiger charge is 2.36. The van der Waals surface area contributed by atoms with Crippen molar-refractivity contribution in [1.82, 2.24) is 5.01 Å². The van der Waals surface area contributed by atoms with Crippen molar-refractivity contribution in [3.05, 3.63) is 64.7 Å². The summed E-state index contributed by atoms with van der Waals surface area (Å²) in [6.45, 7) is 5.52. The van der Waals surface area contributed by atoms with Crippen molar-refractivity contribution in [1.29, 1.82) is 5.41 Å². The van der Waals surface area contributed by atoms with Crippen LogP contribution in [0.5, 0.6) is 11.5 Å². The van der Waals surface area contributed by atoms with Gasteiger partial charge in [0, 0.05) is 16.5 Å². The van der Waals surface area contributed by atoms with E-state index in [1.807, 2.05) is 44.2 Å². The largest absolute Gasteiger partial charge is 0.491 e. The van der Waals surface area contributed by atoms with E-state index in [-0.39, 0.29) is 17.3 Å². The lowest BCUT2D eigenvalue weighted by Gasteiger charge is -2.20. The van der Waals surface area contributed by atoms with Gasteiger partial charge in [-0.3, -0.25) is 10.2 Å². The molecule has 0 saturated carbocycles. The fraction of sp³-hybridized carbons (Fsp3) is 0.280. The van der Waals surface area contributed by atoms with Gasteiger partial charge in [0.1, 0.15) is 29.8 Å². The first-order valence-corrected chi connectivity index (χ1v) is 12.3. The van der Waals surface area contributed by atoms with Crippen molar-refractivity contribution < 1.29 is 19.0 Å². The average Bonchev–Trinajstić information content (AvgIpc) is 3.27. The molecule has 8 nitrogen and oxygen atoms in total. The number of ether oxygens (including phenoxy) is 3. The Labute approximate surface area is 213 Å². The Morgan fingerprint density at radius 3 is 2.57 bits per heavy atom. The molecule has 0 radical (unpaired) electrons. The van der Waals surface area contributed by atoms with Crippen LogP contribution >= 0.6 is 23.4 Å². The summed E-state index contributed by atoms with van der Waals surface area (Å²) in [5.41, 5.74) is 0.682. The molecular formula is C25H25ClN4O4S. The molecule has 0 atom stereocenters. The minimum Gasteiger partial charge on any atom is -0.491 e. The van der Waals surface area contributed by atoms with E-state index in [0.29, 0.717) is 47.9 Å². The molecule has 2 heterocycles. The number of nitrogens with one attached hydrogen (secondary N) is 1. The number of hydrogen-bond acceptors (Lipinski definition) is 7. The first kappa shape index (κ1) is 25.0. The van der Waals surface area contributed by atoms with Gasteiger partial charge in [-0.25, -0.2) is 0 Å². The number of hydrogen-bond donors (Lipinski definition) is 1. The van der Waals surface area contributed by atoms with Gasteiger partial charge < -0.3 is 14.2 Å². The maximum absolute atomic E-state index is 12.7. The van der Waals surface area contributed by atoms with E-state index in [0.717, 1.165) is 10.8 Å². The number of thioether (sulfide) groups is 1. The monoisotopic (exact) mass is 512 g/mol. The zero-order chi connectivity index (χ0) is 24.8. The van der Waals surface area contributed by atoms with Crippen LogP contribution in [0.1, 0.15) is 19.4 Å².